The number of benzene rings is 1. The maximum atomic E-state index is 12.6. The van der Waals surface area contributed by atoms with Gasteiger partial charge in [0, 0.05) is 18.8 Å². The van der Waals surface area contributed by atoms with Gasteiger partial charge in [-0.2, -0.15) is 0 Å². The third-order valence-electron chi connectivity index (χ3n) is 4.65. The molecule has 0 saturated heterocycles. The fraction of sp³-hybridized carbons (Fsp3) is 0.579. The van der Waals surface area contributed by atoms with Crippen molar-refractivity contribution in [3.05, 3.63) is 29.8 Å². The van der Waals surface area contributed by atoms with Gasteiger partial charge in [0.2, 0.25) is 11.8 Å². The van der Waals surface area contributed by atoms with Crippen LogP contribution in [0, 0.1) is 5.41 Å². The molecule has 0 aliphatic heterocycles. The molecule has 1 saturated carbocycles. The highest BCUT2D eigenvalue weighted by Crippen LogP contribution is 2.48. The van der Waals surface area contributed by atoms with E-state index in [1.807, 2.05) is 38.1 Å². The van der Waals surface area contributed by atoms with Crippen LogP contribution in [0.4, 0.5) is 5.69 Å². The molecule has 0 aromatic heterocycles. The van der Waals surface area contributed by atoms with Gasteiger partial charge in [-0.1, -0.05) is 32.9 Å². The van der Waals surface area contributed by atoms with Crippen LogP contribution < -0.4 is 5.32 Å². The van der Waals surface area contributed by atoms with Crippen LogP contribution in [0.2, 0.25) is 0 Å². The van der Waals surface area contributed by atoms with E-state index in [2.05, 4.69) is 26.1 Å². The van der Waals surface area contributed by atoms with Crippen LogP contribution in [0.25, 0.3) is 0 Å². The van der Waals surface area contributed by atoms with Crippen LogP contribution in [0.15, 0.2) is 24.3 Å². The molecule has 2 rings (SSSR count). The van der Waals surface area contributed by atoms with Gasteiger partial charge in [0.05, 0.1) is 0 Å². The van der Waals surface area contributed by atoms with Crippen molar-refractivity contribution in [2.24, 2.45) is 5.41 Å². The van der Waals surface area contributed by atoms with E-state index in [0.717, 1.165) is 5.69 Å². The van der Waals surface area contributed by atoms with Crippen molar-refractivity contribution in [1.82, 2.24) is 4.90 Å². The van der Waals surface area contributed by atoms with Gasteiger partial charge in [0.25, 0.3) is 0 Å². The number of nitrogens with one attached hydrogen (secondary N) is 1. The van der Waals surface area contributed by atoms with Crippen molar-refractivity contribution in [2.75, 3.05) is 18.4 Å². The monoisotopic (exact) mass is 316 g/mol. The number of hydrogen-bond acceptors (Lipinski definition) is 2. The quantitative estimate of drug-likeness (QED) is 0.844. The fourth-order valence-electron chi connectivity index (χ4n) is 2.78. The minimum atomic E-state index is -0.839. The average molecular weight is 316 g/mol. The highest BCUT2D eigenvalue weighted by atomic mass is 16.2. The Bertz CT molecular complexity index is 576. The molecule has 1 fully saturated rings. The molecule has 23 heavy (non-hydrogen) atoms. The summed E-state index contributed by atoms with van der Waals surface area (Å²) in [5.74, 6) is -0.204. The Morgan fingerprint density at radius 1 is 1.09 bits per heavy atom. The van der Waals surface area contributed by atoms with E-state index in [1.54, 1.807) is 4.90 Å². The number of nitrogens with zero attached hydrogens (tertiary/aromatic N) is 1. The van der Waals surface area contributed by atoms with Crippen LogP contribution in [-0.2, 0) is 15.0 Å². The summed E-state index contributed by atoms with van der Waals surface area (Å²) in [6, 6.07) is 7.88. The highest BCUT2D eigenvalue weighted by molar-refractivity contribution is 6.13. The Kier molecular flexibility index (Phi) is 4.83. The molecule has 1 aliphatic rings. The SMILES string of the molecule is CCN(CC)C(=O)C1(C(=O)Nc2ccc(C(C)(C)C)cc2)CC1. The van der Waals surface area contributed by atoms with E-state index >= 15 is 0 Å². The Morgan fingerprint density at radius 3 is 2.00 bits per heavy atom. The molecule has 1 N–H and O–H groups in total. The normalized spacial score (nSPS) is 15.9. The summed E-state index contributed by atoms with van der Waals surface area (Å²) in [7, 11) is 0. The minimum Gasteiger partial charge on any atom is -0.342 e. The van der Waals surface area contributed by atoms with Crippen molar-refractivity contribution in [1.29, 1.82) is 0 Å². The molecule has 0 unspecified atom stereocenters. The first-order valence-corrected chi connectivity index (χ1v) is 8.46. The zero-order valence-corrected chi connectivity index (χ0v) is 14.9. The van der Waals surface area contributed by atoms with Crippen molar-refractivity contribution in [3.8, 4) is 0 Å². The predicted octanol–water partition coefficient (Wildman–Crippen LogP) is 3.57. The van der Waals surface area contributed by atoms with Gasteiger partial charge in [-0.3, -0.25) is 9.59 Å². The molecule has 2 amide bonds. The van der Waals surface area contributed by atoms with Gasteiger partial charge in [0.1, 0.15) is 5.41 Å². The molecule has 4 nitrogen and oxygen atoms in total. The molecule has 1 aliphatic carbocycles. The zero-order valence-electron chi connectivity index (χ0n) is 14.9. The molecule has 1 aromatic carbocycles. The second kappa shape index (κ2) is 6.34. The van der Waals surface area contributed by atoms with Gasteiger partial charge < -0.3 is 10.2 Å². The van der Waals surface area contributed by atoms with Crippen LogP contribution in [0.5, 0.6) is 0 Å². The summed E-state index contributed by atoms with van der Waals surface area (Å²) < 4.78 is 0. The van der Waals surface area contributed by atoms with Gasteiger partial charge in [-0.25, -0.2) is 0 Å². The Labute approximate surface area is 139 Å². The summed E-state index contributed by atoms with van der Waals surface area (Å²) >= 11 is 0. The van der Waals surface area contributed by atoms with E-state index in [-0.39, 0.29) is 17.2 Å². The molecule has 0 spiro atoms. The summed E-state index contributed by atoms with van der Waals surface area (Å²) in [5, 5.41) is 2.92. The van der Waals surface area contributed by atoms with E-state index in [1.165, 1.54) is 5.56 Å². The summed E-state index contributed by atoms with van der Waals surface area (Å²) in [6.07, 6.45) is 1.29. The summed E-state index contributed by atoms with van der Waals surface area (Å²) in [5.41, 5.74) is 1.21. The molecular formula is C19H28N2O2. The molecular weight excluding hydrogens is 288 g/mol. The zero-order chi connectivity index (χ0) is 17.3. The van der Waals surface area contributed by atoms with Crippen LogP contribution in [0.3, 0.4) is 0 Å². The predicted molar refractivity (Wildman–Crippen MR) is 93.4 cm³/mol. The van der Waals surface area contributed by atoms with Crippen LogP contribution in [-0.4, -0.2) is 29.8 Å². The lowest BCUT2D eigenvalue weighted by molar-refractivity contribution is -0.141. The molecule has 4 heteroatoms. The van der Waals surface area contributed by atoms with E-state index < -0.39 is 5.41 Å². The van der Waals surface area contributed by atoms with E-state index in [9.17, 15) is 9.59 Å². The van der Waals surface area contributed by atoms with Crippen molar-refractivity contribution in [2.45, 2.75) is 52.9 Å². The van der Waals surface area contributed by atoms with Crippen molar-refractivity contribution >= 4 is 17.5 Å². The second-order valence-corrected chi connectivity index (χ2v) is 7.34. The van der Waals surface area contributed by atoms with E-state index in [4.69, 9.17) is 0 Å². The lowest BCUT2D eigenvalue weighted by atomic mass is 9.87. The highest BCUT2D eigenvalue weighted by Gasteiger charge is 2.57. The number of rotatable bonds is 5. The average Bonchev–Trinajstić information content (AvgIpc) is 3.29. The maximum Gasteiger partial charge on any atom is 0.240 e. The third-order valence-corrected chi connectivity index (χ3v) is 4.65. The Balaban J connectivity index is 2.09. The maximum absolute atomic E-state index is 12.6. The first-order chi connectivity index (χ1) is 10.7. The van der Waals surface area contributed by atoms with Crippen molar-refractivity contribution < 1.29 is 9.59 Å². The minimum absolute atomic E-state index is 0.0358. The standard InChI is InChI=1S/C19H28N2O2/c1-6-21(7-2)17(23)19(12-13-19)16(22)20-15-10-8-14(9-11-15)18(3,4)5/h8-11H,6-7,12-13H2,1-5H3,(H,20,22). The van der Waals surface area contributed by atoms with Gasteiger partial charge in [-0.15, -0.1) is 0 Å². The third kappa shape index (κ3) is 3.57. The number of carbonyl (C=O) groups is 2. The van der Waals surface area contributed by atoms with Gasteiger partial charge in [0.15, 0.2) is 0 Å². The van der Waals surface area contributed by atoms with Crippen molar-refractivity contribution in [3.63, 3.8) is 0 Å². The first kappa shape index (κ1) is 17.5. The number of amides is 2. The summed E-state index contributed by atoms with van der Waals surface area (Å²) in [4.78, 5) is 26.9. The molecule has 1 aromatic rings. The lowest BCUT2D eigenvalue weighted by Gasteiger charge is -2.24. The fourth-order valence-corrected chi connectivity index (χ4v) is 2.78. The smallest absolute Gasteiger partial charge is 0.240 e. The molecule has 0 bridgehead atoms. The van der Waals surface area contributed by atoms with Crippen LogP contribution >= 0.6 is 0 Å². The topological polar surface area (TPSA) is 49.4 Å². The first-order valence-electron chi connectivity index (χ1n) is 8.46. The number of hydrogen-bond donors (Lipinski definition) is 1. The number of carbonyl (C=O) groups excluding carboxylic acids is 2. The Hall–Kier alpha value is -1.84. The molecule has 0 heterocycles. The second-order valence-electron chi connectivity index (χ2n) is 7.34. The molecule has 0 atom stereocenters. The lowest BCUT2D eigenvalue weighted by Crippen LogP contribution is -2.42. The van der Waals surface area contributed by atoms with Crippen LogP contribution in [0.1, 0.15) is 53.0 Å². The largest absolute Gasteiger partial charge is 0.342 e. The summed E-state index contributed by atoms with van der Waals surface area (Å²) in [6.45, 7) is 11.6. The van der Waals surface area contributed by atoms with Gasteiger partial charge in [-0.05, 0) is 49.8 Å². The Morgan fingerprint density at radius 2 is 1.61 bits per heavy atom. The number of anilines is 1. The van der Waals surface area contributed by atoms with Gasteiger partial charge >= 0.3 is 0 Å². The van der Waals surface area contributed by atoms with E-state index in [0.29, 0.717) is 25.9 Å². The molecule has 126 valence electrons. The molecule has 0 radical (unpaired) electrons.